The topological polar surface area (TPSA) is 29.5 Å². The Balaban J connectivity index is 2.35. The molecule has 12 heavy (non-hydrogen) atoms. The van der Waals surface area contributed by atoms with Gasteiger partial charge in [-0.15, -0.1) is 0 Å². The second kappa shape index (κ2) is 4.72. The number of thiol groups is 1. The van der Waals surface area contributed by atoms with Crippen LogP contribution in [0.5, 0.6) is 0 Å². The highest BCUT2D eigenvalue weighted by molar-refractivity contribution is 7.80. The highest BCUT2D eigenvalue weighted by Gasteiger charge is 2.20. The Morgan fingerprint density at radius 2 is 2.50 bits per heavy atom. The minimum absolute atomic E-state index is 0.183. The van der Waals surface area contributed by atoms with Gasteiger partial charge < -0.3 is 9.64 Å². The van der Waals surface area contributed by atoms with Crippen molar-refractivity contribution >= 4 is 18.5 Å². The Labute approximate surface area is 78.5 Å². The van der Waals surface area contributed by atoms with E-state index in [9.17, 15) is 4.79 Å². The zero-order valence-electron chi connectivity index (χ0n) is 7.32. The fraction of sp³-hybridized carbons (Fsp3) is 0.875. The van der Waals surface area contributed by atoms with Gasteiger partial charge in [0.15, 0.2) is 0 Å². The van der Waals surface area contributed by atoms with Crippen molar-refractivity contribution in [3.8, 4) is 0 Å². The lowest BCUT2D eigenvalue weighted by Crippen LogP contribution is -2.44. The van der Waals surface area contributed by atoms with Crippen molar-refractivity contribution in [1.82, 2.24) is 4.90 Å². The molecule has 0 radical (unpaired) electrons. The number of morpholine rings is 1. The van der Waals surface area contributed by atoms with Crippen molar-refractivity contribution in [2.45, 2.75) is 19.4 Å². The summed E-state index contributed by atoms with van der Waals surface area (Å²) in [5.74, 6) is 0.824. The summed E-state index contributed by atoms with van der Waals surface area (Å²) in [5.41, 5.74) is 0. The van der Waals surface area contributed by atoms with Gasteiger partial charge in [0.25, 0.3) is 0 Å². The van der Waals surface area contributed by atoms with E-state index < -0.39 is 0 Å². The monoisotopic (exact) mass is 189 g/mol. The summed E-state index contributed by atoms with van der Waals surface area (Å²) < 4.78 is 5.32. The van der Waals surface area contributed by atoms with Crippen LogP contribution in [0.1, 0.15) is 13.3 Å². The Kier molecular flexibility index (Phi) is 3.88. The molecule has 1 amide bonds. The summed E-state index contributed by atoms with van der Waals surface area (Å²) >= 11 is 4.02. The van der Waals surface area contributed by atoms with E-state index in [2.05, 4.69) is 12.6 Å². The number of nitrogens with zero attached hydrogens (tertiary/aromatic N) is 1. The molecule has 0 saturated carbocycles. The third-order valence-corrected chi connectivity index (χ3v) is 2.14. The van der Waals surface area contributed by atoms with E-state index in [-0.39, 0.29) is 12.0 Å². The number of rotatable bonds is 2. The van der Waals surface area contributed by atoms with Crippen LogP contribution < -0.4 is 0 Å². The highest BCUT2D eigenvalue weighted by atomic mass is 32.1. The quantitative estimate of drug-likeness (QED) is 0.643. The fourth-order valence-electron chi connectivity index (χ4n) is 1.30. The summed E-state index contributed by atoms with van der Waals surface area (Å²) in [7, 11) is 0. The fourth-order valence-corrected chi connectivity index (χ4v) is 1.49. The van der Waals surface area contributed by atoms with E-state index in [1.165, 1.54) is 0 Å². The van der Waals surface area contributed by atoms with Crippen molar-refractivity contribution in [3.63, 3.8) is 0 Å². The lowest BCUT2D eigenvalue weighted by atomic mass is 10.3. The first-order valence-electron chi connectivity index (χ1n) is 4.24. The van der Waals surface area contributed by atoms with Gasteiger partial charge in [-0.2, -0.15) is 12.6 Å². The first-order chi connectivity index (χ1) is 5.74. The van der Waals surface area contributed by atoms with E-state index >= 15 is 0 Å². The second-order valence-electron chi connectivity index (χ2n) is 2.99. The van der Waals surface area contributed by atoms with E-state index in [1.54, 1.807) is 0 Å². The van der Waals surface area contributed by atoms with Gasteiger partial charge in [0.2, 0.25) is 5.91 Å². The molecule has 1 atom stereocenters. The molecule has 0 spiro atoms. The van der Waals surface area contributed by atoms with Gasteiger partial charge in [-0.05, 0) is 12.7 Å². The Bertz CT molecular complexity index is 163. The van der Waals surface area contributed by atoms with Crippen LogP contribution in [0, 0.1) is 0 Å². The van der Waals surface area contributed by atoms with E-state index in [1.807, 2.05) is 11.8 Å². The van der Waals surface area contributed by atoms with Crippen LogP contribution in [0.4, 0.5) is 0 Å². The first-order valence-corrected chi connectivity index (χ1v) is 4.87. The molecule has 1 heterocycles. The lowest BCUT2D eigenvalue weighted by molar-refractivity contribution is -0.137. The third kappa shape index (κ3) is 2.68. The van der Waals surface area contributed by atoms with Crippen molar-refractivity contribution in [2.24, 2.45) is 0 Å². The molecule has 4 heteroatoms. The van der Waals surface area contributed by atoms with Gasteiger partial charge >= 0.3 is 0 Å². The van der Waals surface area contributed by atoms with E-state index in [4.69, 9.17) is 4.74 Å². The molecule has 1 saturated heterocycles. The molecule has 1 fully saturated rings. The van der Waals surface area contributed by atoms with Crippen LogP contribution in [0.15, 0.2) is 0 Å². The maximum atomic E-state index is 11.4. The maximum absolute atomic E-state index is 11.4. The molecule has 0 aliphatic carbocycles. The van der Waals surface area contributed by atoms with Crippen LogP contribution in [-0.2, 0) is 9.53 Å². The number of carbonyl (C=O) groups is 1. The smallest absolute Gasteiger partial charge is 0.223 e. The minimum Gasteiger partial charge on any atom is -0.375 e. The molecular weight excluding hydrogens is 174 g/mol. The van der Waals surface area contributed by atoms with Gasteiger partial charge in [-0.1, -0.05) is 0 Å². The average molecular weight is 189 g/mol. The van der Waals surface area contributed by atoms with Crippen LogP contribution in [-0.4, -0.2) is 42.4 Å². The minimum atomic E-state index is 0.183. The molecule has 3 nitrogen and oxygen atoms in total. The third-order valence-electron chi connectivity index (χ3n) is 1.92. The molecule has 1 unspecified atom stereocenters. The number of amides is 1. The largest absolute Gasteiger partial charge is 0.375 e. The molecule has 0 bridgehead atoms. The van der Waals surface area contributed by atoms with Crippen LogP contribution in [0.3, 0.4) is 0 Å². The predicted octanol–water partition coefficient (Wildman–Crippen LogP) is 0.554. The van der Waals surface area contributed by atoms with Crippen molar-refractivity contribution < 1.29 is 9.53 Å². The lowest BCUT2D eigenvalue weighted by Gasteiger charge is -2.31. The van der Waals surface area contributed by atoms with Crippen LogP contribution >= 0.6 is 12.6 Å². The molecule has 0 aromatic carbocycles. The maximum Gasteiger partial charge on any atom is 0.223 e. The molecule has 70 valence electrons. The predicted molar refractivity (Wildman–Crippen MR) is 50.5 cm³/mol. The number of ether oxygens (including phenoxy) is 1. The summed E-state index contributed by atoms with van der Waals surface area (Å²) in [6, 6.07) is 0. The van der Waals surface area contributed by atoms with E-state index in [0.717, 1.165) is 13.1 Å². The first kappa shape index (κ1) is 9.86. The normalized spacial score (nSPS) is 24.2. The molecule has 1 aliphatic rings. The van der Waals surface area contributed by atoms with Crippen molar-refractivity contribution in [1.29, 1.82) is 0 Å². The summed E-state index contributed by atoms with van der Waals surface area (Å²) in [6.07, 6.45) is 0.721. The van der Waals surface area contributed by atoms with Crippen LogP contribution in [0.25, 0.3) is 0 Å². The van der Waals surface area contributed by atoms with Crippen molar-refractivity contribution in [3.05, 3.63) is 0 Å². The standard InChI is InChI=1S/C8H15NO2S/c1-7-6-9(3-4-11-7)8(10)2-5-12/h7,12H,2-6H2,1H3. The van der Waals surface area contributed by atoms with Crippen molar-refractivity contribution in [2.75, 3.05) is 25.4 Å². The van der Waals surface area contributed by atoms with Gasteiger partial charge in [-0.3, -0.25) is 4.79 Å². The number of hydrogen-bond acceptors (Lipinski definition) is 3. The molecule has 0 N–H and O–H groups in total. The average Bonchev–Trinajstić information content (AvgIpc) is 2.05. The Morgan fingerprint density at radius 1 is 1.75 bits per heavy atom. The van der Waals surface area contributed by atoms with Gasteiger partial charge in [-0.25, -0.2) is 0 Å². The van der Waals surface area contributed by atoms with E-state index in [0.29, 0.717) is 18.8 Å². The molecule has 1 rings (SSSR count). The SMILES string of the molecule is CC1CN(C(=O)CCS)CCO1. The van der Waals surface area contributed by atoms with Gasteiger partial charge in [0.05, 0.1) is 12.7 Å². The summed E-state index contributed by atoms with van der Waals surface area (Å²) in [6.45, 7) is 4.11. The molecule has 0 aromatic heterocycles. The number of carbonyl (C=O) groups excluding carboxylic acids is 1. The molecule has 0 aromatic rings. The molecular formula is C8H15NO2S. The van der Waals surface area contributed by atoms with Gasteiger partial charge in [0, 0.05) is 19.5 Å². The summed E-state index contributed by atoms with van der Waals surface area (Å²) in [5, 5.41) is 0. The number of hydrogen-bond donors (Lipinski definition) is 1. The molecule has 1 aliphatic heterocycles. The zero-order valence-corrected chi connectivity index (χ0v) is 8.22. The second-order valence-corrected chi connectivity index (χ2v) is 3.44. The summed E-state index contributed by atoms with van der Waals surface area (Å²) in [4.78, 5) is 13.2. The Hall–Kier alpha value is -0.220. The Morgan fingerprint density at radius 3 is 3.08 bits per heavy atom. The van der Waals surface area contributed by atoms with Gasteiger partial charge in [0.1, 0.15) is 0 Å². The van der Waals surface area contributed by atoms with Crippen LogP contribution in [0.2, 0.25) is 0 Å². The highest BCUT2D eigenvalue weighted by Crippen LogP contribution is 2.06. The zero-order chi connectivity index (χ0) is 8.97.